The fourth-order valence-corrected chi connectivity index (χ4v) is 2.75. The van der Waals surface area contributed by atoms with E-state index >= 15 is 0 Å². The lowest BCUT2D eigenvalue weighted by Crippen LogP contribution is -2.23. The number of rotatable bonds is 3. The fraction of sp³-hybridized carbons (Fsp3) is 0.417. The van der Waals surface area contributed by atoms with Crippen LogP contribution in [0.25, 0.3) is 0 Å². The van der Waals surface area contributed by atoms with E-state index in [4.69, 9.17) is 15.4 Å². The van der Waals surface area contributed by atoms with Crippen LogP contribution in [0, 0.1) is 11.7 Å². The zero-order valence-corrected chi connectivity index (χ0v) is 12.2. The van der Waals surface area contributed by atoms with E-state index in [1.54, 1.807) is 0 Å². The molecule has 2 rings (SSSR count). The molecule has 1 aliphatic rings. The maximum Gasteiger partial charge on any atom is 0.261 e. The number of anilines is 1. The van der Waals surface area contributed by atoms with Gasteiger partial charge in [0.15, 0.2) is 0 Å². The molecule has 2 unspecified atom stereocenters. The summed E-state index contributed by atoms with van der Waals surface area (Å²) < 4.78 is 41.1. The first kappa shape index (κ1) is 15.2. The Morgan fingerprint density at radius 2 is 2.20 bits per heavy atom. The molecule has 1 amide bonds. The van der Waals surface area contributed by atoms with Gasteiger partial charge in [-0.2, -0.15) is 0 Å². The van der Waals surface area contributed by atoms with Gasteiger partial charge < -0.3 is 10.1 Å². The van der Waals surface area contributed by atoms with Crippen LogP contribution in [0.3, 0.4) is 0 Å². The maximum atomic E-state index is 13.7. The summed E-state index contributed by atoms with van der Waals surface area (Å²) in [6, 6.07) is 3.07. The van der Waals surface area contributed by atoms with Gasteiger partial charge in [-0.05, 0) is 31.5 Å². The van der Waals surface area contributed by atoms with Crippen molar-refractivity contribution < 1.29 is 22.3 Å². The molecule has 0 bridgehead atoms. The Bertz CT molecular complexity index is 634. The summed E-state index contributed by atoms with van der Waals surface area (Å²) in [7, 11) is 1.12. The van der Waals surface area contributed by atoms with E-state index in [1.165, 1.54) is 6.07 Å². The molecular formula is C12H13ClFNO4S. The highest BCUT2D eigenvalue weighted by molar-refractivity contribution is 8.13. The van der Waals surface area contributed by atoms with Crippen molar-refractivity contribution in [1.82, 2.24) is 0 Å². The average molecular weight is 322 g/mol. The second kappa shape index (κ2) is 5.67. The van der Waals surface area contributed by atoms with Crippen molar-refractivity contribution in [3.05, 3.63) is 24.0 Å². The molecular weight excluding hydrogens is 309 g/mol. The molecule has 1 aliphatic heterocycles. The first-order chi connectivity index (χ1) is 9.27. The smallest absolute Gasteiger partial charge is 0.261 e. The van der Waals surface area contributed by atoms with Gasteiger partial charge in [-0.15, -0.1) is 0 Å². The number of halogens is 2. The highest BCUT2D eigenvalue weighted by atomic mass is 35.7. The van der Waals surface area contributed by atoms with E-state index in [0.29, 0.717) is 13.0 Å². The van der Waals surface area contributed by atoms with E-state index in [1.807, 2.05) is 6.92 Å². The van der Waals surface area contributed by atoms with Crippen LogP contribution in [-0.4, -0.2) is 27.0 Å². The van der Waals surface area contributed by atoms with E-state index in [-0.39, 0.29) is 28.5 Å². The molecule has 0 saturated carbocycles. The monoisotopic (exact) mass is 321 g/mol. The van der Waals surface area contributed by atoms with Crippen molar-refractivity contribution in [3.63, 3.8) is 0 Å². The number of benzene rings is 1. The molecule has 1 aromatic rings. The number of carbonyl (C=O) groups is 1. The van der Waals surface area contributed by atoms with Crippen molar-refractivity contribution >= 4 is 31.3 Å². The van der Waals surface area contributed by atoms with Gasteiger partial charge in [-0.3, -0.25) is 4.79 Å². The summed E-state index contributed by atoms with van der Waals surface area (Å²) in [4.78, 5) is 11.5. The van der Waals surface area contributed by atoms with Crippen LogP contribution >= 0.6 is 10.7 Å². The number of hydrogen-bond acceptors (Lipinski definition) is 4. The predicted molar refractivity (Wildman–Crippen MR) is 71.6 cm³/mol. The molecule has 5 nitrogen and oxygen atoms in total. The van der Waals surface area contributed by atoms with Crippen LogP contribution in [0.4, 0.5) is 10.1 Å². The van der Waals surface area contributed by atoms with E-state index < -0.39 is 14.9 Å². The third-order valence-electron chi connectivity index (χ3n) is 3.05. The molecule has 20 heavy (non-hydrogen) atoms. The predicted octanol–water partition coefficient (Wildman–Crippen LogP) is 2.12. The Morgan fingerprint density at radius 3 is 2.70 bits per heavy atom. The highest BCUT2D eigenvalue weighted by Gasteiger charge is 2.28. The molecule has 2 atom stereocenters. The minimum atomic E-state index is -3.99. The minimum Gasteiger partial charge on any atom is -0.378 e. The zero-order chi connectivity index (χ0) is 14.9. The maximum absolute atomic E-state index is 13.7. The van der Waals surface area contributed by atoms with Crippen LogP contribution in [-0.2, 0) is 18.6 Å². The molecule has 0 radical (unpaired) electrons. The van der Waals surface area contributed by atoms with Gasteiger partial charge in [0, 0.05) is 10.7 Å². The molecule has 1 aromatic carbocycles. The molecule has 1 N–H and O–H groups in total. The lowest BCUT2D eigenvalue weighted by molar-refractivity contribution is -0.119. The Balaban J connectivity index is 2.12. The number of ether oxygens (including phenoxy) is 1. The van der Waals surface area contributed by atoms with Crippen LogP contribution in [0.1, 0.15) is 13.3 Å². The number of hydrogen-bond donors (Lipinski definition) is 1. The van der Waals surface area contributed by atoms with E-state index in [2.05, 4.69) is 5.32 Å². The van der Waals surface area contributed by atoms with Crippen molar-refractivity contribution in [2.75, 3.05) is 11.9 Å². The molecule has 8 heteroatoms. The van der Waals surface area contributed by atoms with Gasteiger partial charge in [0.2, 0.25) is 5.91 Å². The minimum absolute atomic E-state index is 0.000589. The second-order valence-corrected chi connectivity index (χ2v) is 7.21. The first-order valence-electron chi connectivity index (χ1n) is 5.94. The van der Waals surface area contributed by atoms with E-state index in [0.717, 1.165) is 12.1 Å². The van der Waals surface area contributed by atoms with Gasteiger partial charge in [0.25, 0.3) is 9.05 Å². The lowest BCUT2D eigenvalue weighted by Gasteiger charge is -2.10. The molecule has 0 spiro atoms. The van der Waals surface area contributed by atoms with E-state index in [9.17, 15) is 17.6 Å². The summed E-state index contributed by atoms with van der Waals surface area (Å²) >= 11 is 0. The molecule has 110 valence electrons. The molecule has 1 fully saturated rings. The van der Waals surface area contributed by atoms with Gasteiger partial charge in [0.05, 0.1) is 29.2 Å². The van der Waals surface area contributed by atoms with Crippen LogP contribution in [0.15, 0.2) is 23.1 Å². The van der Waals surface area contributed by atoms with Crippen molar-refractivity contribution in [1.29, 1.82) is 0 Å². The first-order valence-corrected chi connectivity index (χ1v) is 8.25. The van der Waals surface area contributed by atoms with Crippen LogP contribution in [0.5, 0.6) is 0 Å². The van der Waals surface area contributed by atoms with Gasteiger partial charge in [0.1, 0.15) is 5.82 Å². The molecule has 1 heterocycles. The third kappa shape index (κ3) is 3.47. The third-order valence-corrected chi connectivity index (χ3v) is 4.40. The molecule has 0 aliphatic carbocycles. The SMILES string of the molecule is CC1CC(C(=O)Nc2ccc(S(=O)(=O)Cl)cc2F)CO1. The summed E-state index contributed by atoms with van der Waals surface area (Å²) in [5.74, 6) is -1.54. The number of carbonyl (C=O) groups excluding carboxylic acids is 1. The topological polar surface area (TPSA) is 72.5 Å². The summed E-state index contributed by atoms with van der Waals surface area (Å²) in [5, 5.41) is 2.42. The normalized spacial score (nSPS) is 22.8. The highest BCUT2D eigenvalue weighted by Crippen LogP contribution is 2.24. The van der Waals surface area contributed by atoms with Crippen molar-refractivity contribution in [3.8, 4) is 0 Å². The fourth-order valence-electron chi connectivity index (χ4n) is 1.98. The van der Waals surface area contributed by atoms with Crippen molar-refractivity contribution in [2.45, 2.75) is 24.3 Å². The standard InChI is InChI=1S/C12H13ClFNO4S/c1-7-4-8(6-19-7)12(16)15-11-3-2-9(5-10(11)14)20(13,17)18/h2-3,5,7-8H,4,6H2,1H3,(H,15,16). The van der Waals surface area contributed by atoms with Gasteiger partial charge in [-0.1, -0.05) is 0 Å². The Morgan fingerprint density at radius 1 is 1.50 bits per heavy atom. The Labute approximate surface area is 120 Å². The van der Waals surface area contributed by atoms with Crippen LogP contribution < -0.4 is 5.32 Å². The van der Waals surface area contributed by atoms with Crippen molar-refractivity contribution in [2.24, 2.45) is 5.92 Å². The zero-order valence-electron chi connectivity index (χ0n) is 10.6. The Hall–Kier alpha value is -1.18. The summed E-state index contributed by atoms with van der Waals surface area (Å²) in [6.45, 7) is 2.15. The lowest BCUT2D eigenvalue weighted by atomic mass is 10.1. The second-order valence-electron chi connectivity index (χ2n) is 4.65. The van der Waals surface area contributed by atoms with Crippen LogP contribution in [0.2, 0.25) is 0 Å². The summed E-state index contributed by atoms with van der Waals surface area (Å²) in [6.07, 6.45) is 0.570. The average Bonchev–Trinajstić information content (AvgIpc) is 2.77. The van der Waals surface area contributed by atoms with Gasteiger partial charge in [-0.25, -0.2) is 12.8 Å². The summed E-state index contributed by atoms with van der Waals surface area (Å²) in [5.41, 5.74) is -0.0846. The Kier molecular flexibility index (Phi) is 4.31. The number of nitrogens with one attached hydrogen (secondary N) is 1. The molecule has 0 aromatic heterocycles. The van der Waals surface area contributed by atoms with Gasteiger partial charge >= 0.3 is 0 Å². The largest absolute Gasteiger partial charge is 0.378 e. The quantitative estimate of drug-likeness (QED) is 0.865. The molecule has 1 saturated heterocycles. The number of amides is 1.